The van der Waals surface area contributed by atoms with Crippen LogP contribution < -0.4 is 0 Å². The Morgan fingerprint density at radius 3 is 0.875 bits per heavy atom. The lowest BCUT2D eigenvalue weighted by Crippen LogP contribution is -2.30. The lowest BCUT2D eigenvalue weighted by atomic mass is 10.0. The molecule has 0 radical (unpaired) electrons. The third-order valence-electron chi connectivity index (χ3n) is 16.6. The van der Waals surface area contributed by atoms with Crippen molar-refractivity contribution in [1.29, 1.82) is 0 Å². The number of phosphoric acid groups is 2. The molecular formula is C85H144O17P2. The number of carbonyl (C=O) groups is 4. The molecule has 5 atom stereocenters. The molecule has 0 bridgehead atoms. The quantitative estimate of drug-likeness (QED) is 0.0169. The highest BCUT2D eigenvalue weighted by molar-refractivity contribution is 7.47. The number of ether oxygens (including phenoxy) is 4. The summed E-state index contributed by atoms with van der Waals surface area (Å²) in [6, 6.07) is 0. The molecule has 104 heavy (non-hydrogen) atoms. The van der Waals surface area contributed by atoms with Crippen molar-refractivity contribution in [2.45, 2.75) is 341 Å². The minimum absolute atomic E-state index is 0.0908. The van der Waals surface area contributed by atoms with E-state index in [0.29, 0.717) is 25.7 Å². The summed E-state index contributed by atoms with van der Waals surface area (Å²) in [5.41, 5.74) is 0. The molecule has 0 spiro atoms. The summed E-state index contributed by atoms with van der Waals surface area (Å²) < 4.78 is 68.5. The molecule has 0 fully saturated rings. The van der Waals surface area contributed by atoms with Gasteiger partial charge in [-0.15, -0.1) is 0 Å². The van der Waals surface area contributed by atoms with Gasteiger partial charge in [-0.05, 0) is 122 Å². The minimum atomic E-state index is -5.01. The first-order valence-electron chi connectivity index (χ1n) is 40.4. The smallest absolute Gasteiger partial charge is 0.462 e. The first-order chi connectivity index (χ1) is 50.7. The van der Waals surface area contributed by atoms with E-state index in [0.717, 1.165) is 161 Å². The second kappa shape index (κ2) is 76.4. The summed E-state index contributed by atoms with van der Waals surface area (Å²) in [6.07, 6.45) is 86.0. The summed E-state index contributed by atoms with van der Waals surface area (Å²) in [5.74, 6) is -2.35. The lowest BCUT2D eigenvalue weighted by Gasteiger charge is -2.21. The Labute approximate surface area is 631 Å². The van der Waals surface area contributed by atoms with E-state index in [1.807, 2.05) is 12.2 Å². The summed E-state index contributed by atoms with van der Waals surface area (Å²) in [4.78, 5) is 73.0. The van der Waals surface area contributed by atoms with Gasteiger partial charge >= 0.3 is 39.5 Å². The molecule has 0 aromatic carbocycles. The van der Waals surface area contributed by atoms with Crippen molar-refractivity contribution >= 4 is 39.5 Å². The third kappa shape index (κ3) is 75.4. The third-order valence-corrected chi connectivity index (χ3v) is 18.5. The van der Waals surface area contributed by atoms with E-state index in [9.17, 15) is 43.2 Å². The summed E-state index contributed by atoms with van der Waals surface area (Å²) in [5, 5.41) is 10.6. The van der Waals surface area contributed by atoms with Crippen LogP contribution in [0.4, 0.5) is 0 Å². The van der Waals surface area contributed by atoms with E-state index >= 15 is 0 Å². The fraction of sp³-hybridized carbons (Fsp3) is 0.694. The Bertz CT molecular complexity index is 2490. The van der Waals surface area contributed by atoms with Crippen LogP contribution in [0, 0.1) is 0 Å². The fourth-order valence-corrected chi connectivity index (χ4v) is 12.1. The molecule has 17 nitrogen and oxygen atoms in total. The van der Waals surface area contributed by atoms with Gasteiger partial charge in [0, 0.05) is 19.3 Å². The van der Waals surface area contributed by atoms with Crippen LogP contribution in [0.1, 0.15) is 323 Å². The average Bonchev–Trinajstić information content (AvgIpc) is 0.999. The SMILES string of the molecule is CC/C=C\C/C=C\C/C=C\C/C=C\C/C=C\CC(=O)OC(COC(=O)CCCCCCCC/C=C\C/C=C\C/C=C\C/C=C\CC)COP(=O)(O)OCC(O)COP(=O)(O)OCC(COC(=O)CCCCCCC/C=C\C/C=C\CCCCC)OC(=O)CCCCCCCCCCCCCCCCC. The van der Waals surface area contributed by atoms with Gasteiger partial charge in [0.2, 0.25) is 0 Å². The first-order valence-corrected chi connectivity index (χ1v) is 43.4. The maximum absolute atomic E-state index is 13.1. The zero-order valence-electron chi connectivity index (χ0n) is 65.2. The predicted octanol–water partition coefficient (Wildman–Crippen LogP) is 23.7. The van der Waals surface area contributed by atoms with Gasteiger partial charge in [0.25, 0.3) is 0 Å². The van der Waals surface area contributed by atoms with Crippen molar-refractivity contribution in [2.75, 3.05) is 39.6 Å². The summed E-state index contributed by atoms with van der Waals surface area (Å²) in [6.45, 7) is 4.50. The largest absolute Gasteiger partial charge is 0.472 e. The summed E-state index contributed by atoms with van der Waals surface area (Å²) in [7, 11) is -10.00. The maximum atomic E-state index is 13.1. The molecule has 0 aliphatic rings. The number of carbonyl (C=O) groups excluding carboxylic acids is 4. The van der Waals surface area contributed by atoms with Gasteiger partial charge in [0.1, 0.15) is 19.3 Å². The topological polar surface area (TPSA) is 237 Å². The fourth-order valence-electron chi connectivity index (χ4n) is 10.6. The molecule has 0 rings (SSSR count). The Balaban J connectivity index is 5.43. The molecule has 19 heteroatoms. The molecule has 0 aromatic rings. The van der Waals surface area contributed by atoms with Gasteiger partial charge in [0.15, 0.2) is 12.2 Å². The highest BCUT2D eigenvalue weighted by Gasteiger charge is 2.30. The standard InChI is InChI=1S/C85H144O17P2/c1-5-9-13-17-21-25-29-33-37-38-39-40-44-46-50-54-58-62-66-70-83(88)96-76-81(102-85(90)72-68-64-60-56-52-48-43-36-32-28-24-20-16-12-8-4)78-100-104(93,94)98-74-79(86)73-97-103(91,92)99-77-80(101-84(89)71-67-63-59-55-51-47-42-35-31-27-23-19-15-11-7-3)75-95-82(87)69-65-61-57-53-49-45-41-34-30-26-22-18-14-10-6-2/h9,12-13,16,21-22,24-26,28,33-34,36-37,39-41,43,52,56,64,68,79-81,86H,5-8,10-11,14-15,17-20,23,27,29-32,35,38,42,44-51,53-55,57-63,65-67,69-78H2,1-4H3,(H,91,92)(H,93,94)/b13-9-,16-12-,25-21-,26-22-,28-24-,37-33-,40-39-,41-34-,43-36-,56-52-,68-64-. The monoisotopic (exact) mass is 1500 g/mol. The molecule has 0 aromatic heterocycles. The van der Waals surface area contributed by atoms with Crippen molar-refractivity contribution in [3.8, 4) is 0 Å². The molecule has 0 amide bonds. The van der Waals surface area contributed by atoms with Crippen LogP contribution in [-0.4, -0.2) is 96.7 Å². The van der Waals surface area contributed by atoms with Gasteiger partial charge in [0.05, 0.1) is 32.8 Å². The van der Waals surface area contributed by atoms with Crippen LogP contribution in [0.5, 0.6) is 0 Å². The molecule has 0 aliphatic carbocycles. The number of esters is 4. The van der Waals surface area contributed by atoms with Crippen LogP contribution >= 0.6 is 15.6 Å². The molecule has 0 aliphatic heterocycles. The number of rotatable bonds is 75. The number of unbranched alkanes of at least 4 members (excludes halogenated alkanes) is 28. The first kappa shape index (κ1) is 99.2. The van der Waals surface area contributed by atoms with E-state index in [1.165, 1.54) is 83.5 Å². The van der Waals surface area contributed by atoms with E-state index in [2.05, 4.69) is 137 Å². The normalized spacial score (nSPS) is 14.6. The number of aliphatic hydroxyl groups is 1. The van der Waals surface area contributed by atoms with Crippen LogP contribution in [0.3, 0.4) is 0 Å². The van der Waals surface area contributed by atoms with Crippen molar-refractivity contribution in [2.24, 2.45) is 0 Å². The number of allylic oxidation sites excluding steroid dienone is 21. The Kier molecular flexibility index (Phi) is 72.9. The molecular weight excluding hydrogens is 1350 g/mol. The van der Waals surface area contributed by atoms with Crippen LogP contribution in [0.2, 0.25) is 0 Å². The van der Waals surface area contributed by atoms with Crippen LogP contribution in [-0.2, 0) is 65.4 Å². The van der Waals surface area contributed by atoms with Gasteiger partial charge < -0.3 is 33.8 Å². The Morgan fingerprint density at radius 1 is 0.288 bits per heavy atom. The number of hydrogen-bond donors (Lipinski definition) is 3. The van der Waals surface area contributed by atoms with Crippen molar-refractivity contribution in [3.63, 3.8) is 0 Å². The van der Waals surface area contributed by atoms with E-state index < -0.39 is 97.5 Å². The Morgan fingerprint density at radius 2 is 0.538 bits per heavy atom. The highest BCUT2D eigenvalue weighted by Crippen LogP contribution is 2.45. The lowest BCUT2D eigenvalue weighted by molar-refractivity contribution is -0.161. The van der Waals surface area contributed by atoms with Gasteiger partial charge in [-0.1, -0.05) is 309 Å². The van der Waals surface area contributed by atoms with Gasteiger partial charge in [-0.2, -0.15) is 0 Å². The molecule has 596 valence electrons. The second-order valence-electron chi connectivity index (χ2n) is 26.6. The number of aliphatic hydroxyl groups excluding tert-OH is 1. The van der Waals surface area contributed by atoms with E-state index in [4.69, 9.17) is 37.0 Å². The van der Waals surface area contributed by atoms with Crippen molar-refractivity contribution in [3.05, 3.63) is 134 Å². The zero-order chi connectivity index (χ0) is 76.0. The Hall–Kier alpha value is -4.80. The summed E-state index contributed by atoms with van der Waals surface area (Å²) >= 11 is 0. The predicted molar refractivity (Wildman–Crippen MR) is 427 cm³/mol. The van der Waals surface area contributed by atoms with E-state index in [-0.39, 0.29) is 25.7 Å². The highest BCUT2D eigenvalue weighted by atomic mass is 31.2. The van der Waals surface area contributed by atoms with E-state index in [1.54, 1.807) is 12.2 Å². The van der Waals surface area contributed by atoms with Gasteiger partial charge in [-0.3, -0.25) is 37.3 Å². The molecule has 0 saturated heterocycles. The van der Waals surface area contributed by atoms with Crippen LogP contribution in [0.25, 0.3) is 0 Å². The minimum Gasteiger partial charge on any atom is -0.462 e. The van der Waals surface area contributed by atoms with Crippen molar-refractivity contribution in [1.82, 2.24) is 0 Å². The van der Waals surface area contributed by atoms with Crippen LogP contribution in [0.15, 0.2) is 134 Å². The van der Waals surface area contributed by atoms with Gasteiger partial charge in [-0.25, -0.2) is 9.13 Å². The molecule has 5 unspecified atom stereocenters. The zero-order valence-corrected chi connectivity index (χ0v) is 66.9. The number of hydrogen-bond acceptors (Lipinski definition) is 15. The molecule has 0 heterocycles. The maximum Gasteiger partial charge on any atom is 0.472 e. The second-order valence-corrected chi connectivity index (χ2v) is 29.5. The molecule has 0 saturated carbocycles. The van der Waals surface area contributed by atoms with Crippen molar-refractivity contribution < 1.29 is 80.2 Å². The molecule has 3 N–H and O–H groups in total. The number of phosphoric ester groups is 2. The average molecular weight is 1500 g/mol.